The summed E-state index contributed by atoms with van der Waals surface area (Å²) in [6, 6.07) is 15.2. The van der Waals surface area contributed by atoms with Gasteiger partial charge in [-0.2, -0.15) is 13.2 Å². The standard InChI is InChI=1S/C26H23F3N8O/c27-26(28,29)17-4-1-3-16(11-17)22-7-8-23-24(32-22)37(21-9-10-35(23)15-21)25(38)31-18-5-2-6-20(12-18)36-14-19(13-30)33-34-36/h1-8,11-12,14,21H,9-10,13,15,30H2,(H,31,38). The average molecular weight is 521 g/mol. The number of hydrogen-bond acceptors (Lipinski definition) is 6. The van der Waals surface area contributed by atoms with E-state index < -0.39 is 11.7 Å². The number of benzene rings is 2. The van der Waals surface area contributed by atoms with Gasteiger partial charge in [0, 0.05) is 30.9 Å². The number of nitrogens with one attached hydrogen (secondary N) is 1. The molecule has 4 heterocycles. The molecule has 2 aromatic heterocycles. The fourth-order valence-electron chi connectivity index (χ4n) is 4.92. The first kappa shape index (κ1) is 23.9. The van der Waals surface area contributed by atoms with Gasteiger partial charge in [0.25, 0.3) is 0 Å². The molecule has 0 radical (unpaired) electrons. The van der Waals surface area contributed by atoms with Crippen molar-refractivity contribution in [2.45, 2.75) is 25.2 Å². The van der Waals surface area contributed by atoms with Crippen molar-refractivity contribution in [3.63, 3.8) is 0 Å². The minimum atomic E-state index is -4.46. The molecule has 2 bridgehead atoms. The highest BCUT2D eigenvalue weighted by atomic mass is 19.4. The van der Waals surface area contributed by atoms with Gasteiger partial charge in [-0.25, -0.2) is 14.5 Å². The topological polar surface area (TPSA) is 105 Å². The van der Waals surface area contributed by atoms with Gasteiger partial charge in [0.05, 0.1) is 40.6 Å². The molecular formula is C26H23F3N8O. The number of alkyl halides is 3. The molecule has 2 aromatic carbocycles. The van der Waals surface area contributed by atoms with Crippen molar-refractivity contribution in [3.05, 3.63) is 78.1 Å². The Hall–Kier alpha value is -4.45. The predicted octanol–water partition coefficient (Wildman–Crippen LogP) is 4.44. The van der Waals surface area contributed by atoms with Gasteiger partial charge in [0.2, 0.25) is 0 Å². The van der Waals surface area contributed by atoms with Crippen LogP contribution in [0.25, 0.3) is 16.9 Å². The van der Waals surface area contributed by atoms with Crippen LogP contribution in [-0.4, -0.2) is 45.1 Å². The van der Waals surface area contributed by atoms with E-state index in [1.54, 1.807) is 46.1 Å². The summed E-state index contributed by atoms with van der Waals surface area (Å²) in [5.74, 6) is 0.422. The van der Waals surface area contributed by atoms with Crippen LogP contribution in [0.15, 0.2) is 66.9 Å². The second-order valence-corrected chi connectivity index (χ2v) is 9.22. The van der Waals surface area contributed by atoms with Crippen molar-refractivity contribution >= 4 is 23.2 Å². The normalized spacial score (nSPS) is 16.5. The zero-order chi connectivity index (χ0) is 26.4. The number of anilines is 3. The number of nitrogens with two attached hydrogens (primary N) is 1. The minimum Gasteiger partial charge on any atom is -0.366 e. The Balaban J connectivity index is 1.32. The van der Waals surface area contributed by atoms with Crippen LogP contribution >= 0.6 is 0 Å². The van der Waals surface area contributed by atoms with E-state index >= 15 is 0 Å². The first-order chi connectivity index (χ1) is 18.3. The highest BCUT2D eigenvalue weighted by molar-refractivity contribution is 6.05. The monoisotopic (exact) mass is 520 g/mol. The smallest absolute Gasteiger partial charge is 0.366 e. The molecule has 2 aliphatic rings. The molecule has 1 saturated heterocycles. The van der Waals surface area contributed by atoms with Gasteiger partial charge in [-0.1, -0.05) is 23.4 Å². The van der Waals surface area contributed by atoms with Crippen LogP contribution < -0.4 is 20.9 Å². The summed E-state index contributed by atoms with van der Waals surface area (Å²) in [5, 5.41) is 11.0. The van der Waals surface area contributed by atoms with Crippen molar-refractivity contribution in [3.8, 4) is 16.9 Å². The molecule has 9 nitrogen and oxygen atoms in total. The highest BCUT2D eigenvalue weighted by Gasteiger charge is 2.40. The van der Waals surface area contributed by atoms with Crippen LogP contribution in [0.1, 0.15) is 17.7 Å². The third kappa shape index (κ3) is 4.32. The number of carbonyl (C=O) groups excluding carboxylic acids is 1. The molecule has 12 heteroatoms. The van der Waals surface area contributed by atoms with Crippen LogP contribution in [0.3, 0.4) is 0 Å². The SMILES string of the molecule is NCc1cn(-c2cccc(NC(=O)N3c4nc(-c5cccc(C(F)(F)F)c5)ccc4N4CCC3C4)c2)nn1. The third-order valence-corrected chi connectivity index (χ3v) is 6.77. The molecule has 194 valence electrons. The second kappa shape index (κ2) is 9.14. The minimum absolute atomic E-state index is 0.114. The molecular weight excluding hydrogens is 497 g/mol. The summed E-state index contributed by atoms with van der Waals surface area (Å²) < 4.78 is 41.5. The van der Waals surface area contributed by atoms with Gasteiger partial charge in [-0.05, 0) is 48.9 Å². The maximum atomic E-state index is 13.6. The lowest BCUT2D eigenvalue weighted by molar-refractivity contribution is -0.137. The molecule has 4 aromatic rings. The Labute approximate surface area is 215 Å². The molecule has 1 atom stereocenters. The van der Waals surface area contributed by atoms with Crippen LogP contribution in [0.2, 0.25) is 0 Å². The number of pyridine rings is 1. The Morgan fingerprint density at radius 2 is 1.95 bits per heavy atom. The number of amides is 2. The van der Waals surface area contributed by atoms with Crippen molar-refractivity contribution in [1.29, 1.82) is 0 Å². The number of halogens is 3. The van der Waals surface area contributed by atoms with Gasteiger partial charge < -0.3 is 16.0 Å². The summed E-state index contributed by atoms with van der Waals surface area (Å²) in [6.07, 6.45) is -1.99. The summed E-state index contributed by atoms with van der Waals surface area (Å²) in [7, 11) is 0. The maximum Gasteiger partial charge on any atom is 0.416 e. The van der Waals surface area contributed by atoms with Crippen molar-refractivity contribution < 1.29 is 18.0 Å². The van der Waals surface area contributed by atoms with E-state index in [9.17, 15) is 18.0 Å². The van der Waals surface area contributed by atoms with Crippen LogP contribution in [0.5, 0.6) is 0 Å². The predicted molar refractivity (Wildman–Crippen MR) is 136 cm³/mol. The lowest BCUT2D eigenvalue weighted by Crippen LogP contribution is -2.48. The van der Waals surface area contributed by atoms with E-state index in [-0.39, 0.29) is 18.6 Å². The zero-order valence-corrected chi connectivity index (χ0v) is 20.1. The highest BCUT2D eigenvalue weighted by Crippen LogP contribution is 2.41. The molecule has 0 spiro atoms. The lowest BCUT2D eigenvalue weighted by Gasteiger charge is -2.36. The first-order valence-corrected chi connectivity index (χ1v) is 12.1. The van der Waals surface area contributed by atoms with Crippen molar-refractivity contribution in [1.82, 2.24) is 20.0 Å². The van der Waals surface area contributed by atoms with E-state index in [0.29, 0.717) is 40.7 Å². The number of carbonyl (C=O) groups is 1. The summed E-state index contributed by atoms with van der Waals surface area (Å²) in [4.78, 5) is 22.1. The fraction of sp³-hybridized carbons (Fsp3) is 0.231. The van der Waals surface area contributed by atoms with Gasteiger partial charge in [-0.3, -0.25) is 4.90 Å². The number of rotatable bonds is 4. The van der Waals surface area contributed by atoms with Crippen LogP contribution in [0.4, 0.5) is 35.2 Å². The van der Waals surface area contributed by atoms with Gasteiger partial charge in [0.1, 0.15) is 0 Å². The quantitative estimate of drug-likeness (QED) is 0.412. The molecule has 38 heavy (non-hydrogen) atoms. The molecule has 0 aliphatic carbocycles. The largest absolute Gasteiger partial charge is 0.416 e. The summed E-state index contributed by atoms with van der Waals surface area (Å²) in [5.41, 5.74) is 8.22. The van der Waals surface area contributed by atoms with Crippen molar-refractivity contribution in [2.75, 3.05) is 28.2 Å². The Kier molecular flexibility index (Phi) is 5.75. The molecule has 6 rings (SSSR count). The van der Waals surface area contributed by atoms with E-state index in [1.807, 2.05) is 12.1 Å². The van der Waals surface area contributed by atoms with Crippen molar-refractivity contribution in [2.24, 2.45) is 5.73 Å². The second-order valence-electron chi connectivity index (χ2n) is 9.22. The van der Waals surface area contributed by atoms with Gasteiger partial charge in [-0.15, -0.1) is 5.10 Å². The molecule has 3 N–H and O–H groups in total. The van der Waals surface area contributed by atoms with E-state index in [2.05, 4.69) is 20.5 Å². The Morgan fingerprint density at radius 1 is 1.11 bits per heavy atom. The summed E-state index contributed by atoms with van der Waals surface area (Å²) >= 11 is 0. The lowest BCUT2D eigenvalue weighted by atomic mass is 10.1. The van der Waals surface area contributed by atoms with E-state index in [0.717, 1.165) is 30.8 Å². The number of fused-ring (bicyclic) bond motifs is 4. The first-order valence-electron chi connectivity index (χ1n) is 12.1. The number of nitrogens with zero attached hydrogens (tertiary/aromatic N) is 6. The summed E-state index contributed by atoms with van der Waals surface area (Å²) in [6.45, 7) is 1.68. The number of aromatic nitrogens is 4. The molecule has 2 amide bonds. The van der Waals surface area contributed by atoms with E-state index in [1.165, 1.54) is 6.07 Å². The fourth-order valence-corrected chi connectivity index (χ4v) is 4.92. The van der Waals surface area contributed by atoms with Crippen LogP contribution in [-0.2, 0) is 12.7 Å². The van der Waals surface area contributed by atoms with Gasteiger partial charge in [0.15, 0.2) is 5.82 Å². The van der Waals surface area contributed by atoms with Gasteiger partial charge >= 0.3 is 12.2 Å². The van der Waals surface area contributed by atoms with E-state index in [4.69, 9.17) is 10.7 Å². The Bertz CT molecular complexity index is 1520. The Morgan fingerprint density at radius 3 is 2.74 bits per heavy atom. The molecule has 2 aliphatic heterocycles. The molecule has 1 unspecified atom stereocenters. The average Bonchev–Trinajstić information content (AvgIpc) is 3.56. The number of hydrogen-bond donors (Lipinski definition) is 2. The third-order valence-electron chi connectivity index (χ3n) is 6.77. The zero-order valence-electron chi connectivity index (χ0n) is 20.1. The number of urea groups is 1. The maximum absolute atomic E-state index is 13.6. The van der Waals surface area contributed by atoms with Crippen LogP contribution in [0, 0.1) is 0 Å². The molecule has 1 fully saturated rings. The molecule has 0 saturated carbocycles.